The summed E-state index contributed by atoms with van der Waals surface area (Å²) < 4.78 is 0. The Morgan fingerprint density at radius 3 is 2.08 bits per heavy atom. The van der Waals surface area contributed by atoms with Crippen LogP contribution in [0.3, 0.4) is 0 Å². The van der Waals surface area contributed by atoms with Gasteiger partial charge in [0.25, 0.3) is 0 Å². The molecule has 1 aromatic rings. The van der Waals surface area contributed by atoms with Crippen molar-refractivity contribution in [2.45, 2.75) is 20.8 Å². The zero-order valence-corrected chi connectivity index (χ0v) is 9.50. The summed E-state index contributed by atoms with van der Waals surface area (Å²) in [6, 6.07) is 4.11. The maximum absolute atomic E-state index is 11.5. The Morgan fingerprint density at radius 2 is 1.69 bits per heavy atom. The summed E-state index contributed by atoms with van der Waals surface area (Å²) in [5.74, 6) is 0.208. The molecule has 0 saturated heterocycles. The highest BCUT2D eigenvalue weighted by molar-refractivity contribution is 7.18. The van der Waals surface area contributed by atoms with Crippen molar-refractivity contribution in [2.24, 2.45) is 0 Å². The van der Waals surface area contributed by atoms with Crippen molar-refractivity contribution in [3.63, 3.8) is 0 Å². The number of benzene rings is 1. The molecule has 1 rings (SSSR count). The Bertz CT molecular complexity index is 319. The topological polar surface area (TPSA) is 17.1 Å². The monoisotopic (exact) mass is 194 g/mol. The molecule has 0 N–H and O–H groups in total. The van der Waals surface area contributed by atoms with Crippen molar-refractivity contribution < 1.29 is 4.79 Å². The standard InChI is InChI=1S/C11H15OP/c1-7-4-8(2)11(9(3)5-7)10(12)6-13/h4-5H,6,13H2,1-3H3. The molecule has 0 amide bonds. The van der Waals surface area contributed by atoms with Crippen LogP contribution in [-0.4, -0.2) is 11.9 Å². The molecule has 70 valence electrons. The van der Waals surface area contributed by atoms with Gasteiger partial charge in [-0.25, -0.2) is 0 Å². The molecule has 1 unspecified atom stereocenters. The number of hydrogen-bond donors (Lipinski definition) is 0. The first-order valence-corrected chi connectivity index (χ1v) is 5.19. The average molecular weight is 194 g/mol. The molecule has 2 heteroatoms. The van der Waals surface area contributed by atoms with Gasteiger partial charge < -0.3 is 0 Å². The first kappa shape index (κ1) is 10.4. The zero-order chi connectivity index (χ0) is 10.0. The molecular weight excluding hydrogens is 179 g/mol. The fourth-order valence-corrected chi connectivity index (χ4v) is 1.93. The Morgan fingerprint density at radius 1 is 1.23 bits per heavy atom. The average Bonchev–Trinajstić information content (AvgIpc) is 2.02. The van der Waals surface area contributed by atoms with E-state index < -0.39 is 0 Å². The van der Waals surface area contributed by atoms with Crippen molar-refractivity contribution in [1.82, 2.24) is 0 Å². The molecule has 1 nitrogen and oxygen atoms in total. The van der Waals surface area contributed by atoms with Crippen LogP contribution in [0, 0.1) is 20.8 Å². The Balaban J connectivity index is 3.28. The summed E-state index contributed by atoms with van der Waals surface area (Å²) in [6.07, 6.45) is 0.505. The highest BCUT2D eigenvalue weighted by atomic mass is 31.0. The summed E-state index contributed by atoms with van der Waals surface area (Å²) in [7, 11) is 2.47. The smallest absolute Gasteiger partial charge is 0.167 e. The van der Waals surface area contributed by atoms with E-state index in [1.54, 1.807) is 0 Å². The van der Waals surface area contributed by atoms with E-state index in [0.717, 1.165) is 16.7 Å². The first-order valence-electron chi connectivity index (χ1n) is 4.37. The van der Waals surface area contributed by atoms with Crippen LogP contribution in [-0.2, 0) is 0 Å². The van der Waals surface area contributed by atoms with Crippen molar-refractivity contribution in [2.75, 3.05) is 6.16 Å². The number of Topliss-reactive ketones (excluding diaryl/α,β-unsaturated/α-hetero) is 1. The van der Waals surface area contributed by atoms with E-state index in [4.69, 9.17) is 0 Å². The van der Waals surface area contributed by atoms with Gasteiger partial charge >= 0.3 is 0 Å². The van der Waals surface area contributed by atoms with Crippen molar-refractivity contribution >= 4 is 15.0 Å². The fourth-order valence-electron chi connectivity index (χ4n) is 1.72. The molecular formula is C11H15OP. The highest BCUT2D eigenvalue weighted by Gasteiger charge is 2.10. The van der Waals surface area contributed by atoms with Crippen LogP contribution in [0.4, 0.5) is 0 Å². The van der Waals surface area contributed by atoms with Gasteiger partial charge in [-0.15, -0.1) is 9.24 Å². The molecule has 0 saturated carbocycles. The van der Waals surface area contributed by atoms with Gasteiger partial charge in [0.05, 0.1) is 0 Å². The normalized spacial score (nSPS) is 10.2. The number of hydrogen-bond acceptors (Lipinski definition) is 1. The third-order valence-corrected chi connectivity index (χ3v) is 2.51. The largest absolute Gasteiger partial charge is 0.294 e. The lowest BCUT2D eigenvalue weighted by Crippen LogP contribution is -2.05. The molecule has 0 aliphatic carbocycles. The first-order chi connectivity index (χ1) is 6.06. The SMILES string of the molecule is Cc1cc(C)c(C(=O)CP)c(C)c1. The van der Waals surface area contributed by atoms with E-state index in [-0.39, 0.29) is 5.78 Å². The van der Waals surface area contributed by atoms with Gasteiger partial charge in [0.15, 0.2) is 5.78 Å². The zero-order valence-electron chi connectivity index (χ0n) is 8.35. The minimum Gasteiger partial charge on any atom is -0.294 e. The van der Waals surface area contributed by atoms with Gasteiger partial charge in [-0.2, -0.15) is 0 Å². The maximum Gasteiger partial charge on any atom is 0.167 e. The minimum absolute atomic E-state index is 0.208. The predicted molar refractivity (Wildman–Crippen MR) is 59.6 cm³/mol. The third kappa shape index (κ3) is 2.16. The van der Waals surface area contributed by atoms with Crippen molar-refractivity contribution in [3.05, 3.63) is 34.4 Å². The summed E-state index contributed by atoms with van der Waals surface area (Å²) in [4.78, 5) is 11.5. The Labute approximate surface area is 81.7 Å². The quantitative estimate of drug-likeness (QED) is 0.522. The molecule has 0 aliphatic rings. The molecule has 0 aliphatic heterocycles. The van der Waals surface area contributed by atoms with Crippen LogP contribution in [0.1, 0.15) is 27.0 Å². The molecule has 0 fully saturated rings. The van der Waals surface area contributed by atoms with Crippen LogP contribution in [0.2, 0.25) is 0 Å². The second kappa shape index (κ2) is 4.02. The molecule has 1 aromatic carbocycles. The number of aryl methyl sites for hydroxylation is 3. The second-order valence-electron chi connectivity index (χ2n) is 3.40. The van der Waals surface area contributed by atoms with Crippen LogP contribution >= 0.6 is 9.24 Å². The summed E-state index contributed by atoms with van der Waals surface area (Å²) in [5, 5.41) is 0. The van der Waals surface area contributed by atoms with Gasteiger partial charge in [-0.1, -0.05) is 17.7 Å². The molecule has 0 heterocycles. The number of rotatable bonds is 2. The van der Waals surface area contributed by atoms with E-state index in [1.165, 1.54) is 5.56 Å². The van der Waals surface area contributed by atoms with Crippen LogP contribution in [0.25, 0.3) is 0 Å². The van der Waals surface area contributed by atoms with E-state index in [9.17, 15) is 4.79 Å². The third-order valence-electron chi connectivity index (χ3n) is 2.14. The van der Waals surface area contributed by atoms with Crippen LogP contribution in [0.15, 0.2) is 12.1 Å². The van der Waals surface area contributed by atoms with Gasteiger partial charge in [-0.05, 0) is 31.9 Å². The lowest BCUT2D eigenvalue weighted by molar-refractivity contribution is 0.102. The number of carbonyl (C=O) groups is 1. The molecule has 0 bridgehead atoms. The lowest BCUT2D eigenvalue weighted by atomic mass is 9.97. The number of ketones is 1. The predicted octanol–water partition coefficient (Wildman–Crippen LogP) is 2.67. The van der Waals surface area contributed by atoms with Crippen LogP contribution in [0.5, 0.6) is 0 Å². The molecule has 0 radical (unpaired) electrons. The minimum atomic E-state index is 0.208. The van der Waals surface area contributed by atoms with Gasteiger partial charge in [0.1, 0.15) is 0 Å². The molecule has 1 atom stereocenters. The molecule has 13 heavy (non-hydrogen) atoms. The molecule has 0 aromatic heterocycles. The fraction of sp³-hybridized carbons (Fsp3) is 0.364. The van der Waals surface area contributed by atoms with Gasteiger partial charge in [0.2, 0.25) is 0 Å². The number of carbonyl (C=O) groups excluding carboxylic acids is 1. The Kier molecular flexibility index (Phi) is 3.22. The highest BCUT2D eigenvalue weighted by Crippen LogP contribution is 2.17. The van der Waals surface area contributed by atoms with Crippen molar-refractivity contribution in [1.29, 1.82) is 0 Å². The van der Waals surface area contributed by atoms with E-state index in [2.05, 4.69) is 28.3 Å². The summed E-state index contributed by atoms with van der Waals surface area (Å²) >= 11 is 0. The maximum atomic E-state index is 11.5. The second-order valence-corrected chi connectivity index (χ2v) is 3.81. The van der Waals surface area contributed by atoms with Gasteiger partial charge in [0, 0.05) is 11.7 Å². The van der Waals surface area contributed by atoms with E-state index >= 15 is 0 Å². The summed E-state index contributed by atoms with van der Waals surface area (Å²) in [5.41, 5.74) is 4.28. The summed E-state index contributed by atoms with van der Waals surface area (Å²) in [6.45, 7) is 6.04. The van der Waals surface area contributed by atoms with Gasteiger partial charge in [-0.3, -0.25) is 4.79 Å². The Hall–Kier alpha value is -0.680. The van der Waals surface area contributed by atoms with Crippen molar-refractivity contribution in [3.8, 4) is 0 Å². The molecule has 0 spiro atoms. The van der Waals surface area contributed by atoms with Crippen LogP contribution < -0.4 is 0 Å². The van der Waals surface area contributed by atoms with E-state index in [0.29, 0.717) is 6.16 Å². The van der Waals surface area contributed by atoms with E-state index in [1.807, 2.05) is 13.8 Å². The lowest BCUT2D eigenvalue weighted by Gasteiger charge is -2.08.